The van der Waals surface area contributed by atoms with Crippen LogP contribution in [0.3, 0.4) is 0 Å². The quantitative estimate of drug-likeness (QED) is 0.727. The minimum Gasteiger partial charge on any atom is -0.493 e. The molecule has 0 radical (unpaired) electrons. The Kier molecular flexibility index (Phi) is 7.33. The van der Waals surface area contributed by atoms with E-state index < -0.39 is 5.82 Å². The van der Waals surface area contributed by atoms with E-state index in [-0.39, 0.29) is 24.2 Å². The summed E-state index contributed by atoms with van der Waals surface area (Å²) >= 11 is 0. The molecule has 1 saturated heterocycles. The zero-order chi connectivity index (χ0) is 24.2. The Hall–Kier alpha value is -3.17. The number of fused-ring (bicyclic) bond motifs is 1. The fourth-order valence-electron chi connectivity index (χ4n) is 4.44. The van der Waals surface area contributed by atoms with Gasteiger partial charge >= 0.3 is 6.03 Å². The molecule has 2 heterocycles. The predicted molar refractivity (Wildman–Crippen MR) is 127 cm³/mol. The average molecular weight is 471 g/mol. The standard InChI is InChI=1S/C25H31FN4O4/c1-16-13-19-20(26)14-21(32-3)24(33-4)22(19)23(28-30(16)25(31)27-2)18-7-5-17(6-8-18)15-29-9-11-34-12-10-29/h5-8,14,16H,9-13,15H2,1-4H3,(H,27,31). The Bertz CT molecular complexity index is 1070. The van der Waals surface area contributed by atoms with Gasteiger partial charge in [-0.15, -0.1) is 0 Å². The van der Waals surface area contributed by atoms with Gasteiger partial charge < -0.3 is 19.5 Å². The molecular weight excluding hydrogens is 439 g/mol. The van der Waals surface area contributed by atoms with Gasteiger partial charge in [0.15, 0.2) is 11.5 Å². The zero-order valence-corrected chi connectivity index (χ0v) is 20.1. The number of nitrogens with zero attached hydrogens (tertiary/aromatic N) is 3. The van der Waals surface area contributed by atoms with Gasteiger partial charge in [0.1, 0.15) is 11.5 Å². The SMILES string of the molecule is CNC(=O)N1N=C(c2ccc(CN3CCOCC3)cc2)c2c(c(F)cc(OC)c2OC)CC1C. The summed E-state index contributed by atoms with van der Waals surface area (Å²) in [5.41, 5.74) is 3.29. The molecule has 9 heteroatoms. The van der Waals surface area contributed by atoms with Gasteiger partial charge in [-0.05, 0) is 18.9 Å². The normalized spacial score (nSPS) is 18.6. The molecule has 34 heavy (non-hydrogen) atoms. The topological polar surface area (TPSA) is 75.6 Å². The van der Waals surface area contributed by atoms with Crippen LogP contribution < -0.4 is 14.8 Å². The molecule has 1 unspecified atom stereocenters. The second-order valence-electron chi connectivity index (χ2n) is 8.43. The van der Waals surface area contributed by atoms with Crippen LogP contribution in [-0.4, -0.2) is 75.3 Å². The first-order valence-electron chi connectivity index (χ1n) is 11.4. The first-order chi connectivity index (χ1) is 16.5. The molecule has 4 rings (SSSR count). The molecule has 1 fully saturated rings. The van der Waals surface area contributed by atoms with Crippen LogP contribution in [0.2, 0.25) is 0 Å². The predicted octanol–water partition coefficient (Wildman–Crippen LogP) is 3.01. The number of ether oxygens (including phenoxy) is 3. The van der Waals surface area contributed by atoms with E-state index in [0.29, 0.717) is 22.6 Å². The lowest BCUT2D eigenvalue weighted by atomic mass is 9.92. The summed E-state index contributed by atoms with van der Waals surface area (Å²) in [5, 5.41) is 8.71. The largest absolute Gasteiger partial charge is 0.493 e. The van der Waals surface area contributed by atoms with Gasteiger partial charge in [-0.25, -0.2) is 14.2 Å². The fraction of sp³-hybridized carbons (Fsp3) is 0.440. The number of carbonyl (C=O) groups is 1. The molecule has 2 amide bonds. The summed E-state index contributed by atoms with van der Waals surface area (Å²) in [6.45, 7) is 5.94. The van der Waals surface area contributed by atoms with E-state index in [0.717, 1.165) is 44.0 Å². The van der Waals surface area contributed by atoms with Gasteiger partial charge in [0.05, 0.1) is 39.0 Å². The molecule has 182 valence electrons. The van der Waals surface area contributed by atoms with E-state index in [2.05, 4.69) is 10.2 Å². The lowest BCUT2D eigenvalue weighted by Crippen LogP contribution is -2.41. The third kappa shape index (κ3) is 4.71. The maximum Gasteiger partial charge on any atom is 0.337 e. The highest BCUT2D eigenvalue weighted by Gasteiger charge is 2.32. The number of rotatable bonds is 5. The first kappa shape index (κ1) is 24.0. The Labute approximate surface area is 199 Å². The summed E-state index contributed by atoms with van der Waals surface area (Å²) < 4.78 is 31.8. The second-order valence-corrected chi connectivity index (χ2v) is 8.43. The van der Waals surface area contributed by atoms with Gasteiger partial charge in [-0.1, -0.05) is 24.3 Å². The van der Waals surface area contributed by atoms with E-state index >= 15 is 4.39 Å². The van der Waals surface area contributed by atoms with Crippen LogP contribution in [0.5, 0.6) is 11.5 Å². The molecule has 2 aliphatic heterocycles. The minimum atomic E-state index is -0.421. The fourth-order valence-corrected chi connectivity index (χ4v) is 4.44. The summed E-state index contributed by atoms with van der Waals surface area (Å²) in [6, 6.07) is 8.56. The van der Waals surface area contributed by atoms with E-state index in [4.69, 9.17) is 19.3 Å². The van der Waals surface area contributed by atoms with Crippen LogP contribution in [0.15, 0.2) is 35.4 Å². The van der Waals surface area contributed by atoms with E-state index in [1.807, 2.05) is 31.2 Å². The van der Waals surface area contributed by atoms with Crippen LogP contribution in [0.1, 0.15) is 29.2 Å². The maximum atomic E-state index is 15.3. The molecule has 0 aliphatic carbocycles. The van der Waals surface area contributed by atoms with Crippen molar-refractivity contribution >= 4 is 11.7 Å². The number of hydrogen-bond donors (Lipinski definition) is 1. The molecule has 1 atom stereocenters. The maximum absolute atomic E-state index is 15.3. The summed E-state index contributed by atoms with van der Waals surface area (Å²) in [5.74, 6) is 0.243. The molecule has 0 spiro atoms. The molecule has 2 aromatic carbocycles. The summed E-state index contributed by atoms with van der Waals surface area (Å²) in [4.78, 5) is 15.0. The highest BCUT2D eigenvalue weighted by Crippen LogP contribution is 2.39. The van der Waals surface area contributed by atoms with Crippen molar-refractivity contribution in [2.45, 2.75) is 25.9 Å². The first-order valence-corrected chi connectivity index (χ1v) is 11.4. The smallest absolute Gasteiger partial charge is 0.337 e. The molecule has 0 saturated carbocycles. The number of benzene rings is 2. The van der Waals surface area contributed by atoms with Crippen molar-refractivity contribution in [2.75, 3.05) is 47.6 Å². The van der Waals surface area contributed by atoms with E-state index in [9.17, 15) is 4.79 Å². The number of carbonyl (C=O) groups excluding carboxylic acids is 1. The Morgan fingerprint density at radius 2 is 1.91 bits per heavy atom. The third-order valence-electron chi connectivity index (χ3n) is 6.24. The molecule has 0 aromatic heterocycles. The summed E-state index contributed by atoms with van der Waals surface area (Å²) in [6.07, 6.45) is 0.275. The van der Waals surface area contributed by atoms with Gasteiger partial charge in [-0.3, -0.25) is 4.90 Å². The number of urea groups is 1. The Morgan fingerprint density at radius 3 is 2.53 bits per heavy atom. The molecule has 2 aromatic rings. The zero-order valence-electron chi connectivity index (χ0n) is 20.1. The minimum absolute atomic E-state index is 0.274. The number of methoxy groups -OCH3 is 2. The number of halogens is 1. The van der Waals surface area contributed by atoms with Crippen LogP contribution in [-0.2, 0) is 17.7 Å². The van der Waals surface area contributed by atoms with Crippen molar-refractivity contribution in [1.82, 2.24) is 15.2 Å². The van der Waals surface area contributed by atoms with Crippen molar-refractivity contribution in [3.05, 3.63) is 58.4 Å². The van der Waals surface area contributed by atoms with Gasteiger partial charge in [-0.2, -0.15) is 5.10 Å². The van der Waals surface area contributed by atoms with Crippen LogP contribution in [0, 0.1) is 5.82 Å². The Morgan fingerprint density at radius 1 is 1.21 bits per heavy atom. The lowest BCUT2D eigenvalue weighted by Gasteiger charge is -2.26. The van der Waals surface area contributed by atoms with Crippen LogP contribution in [0.25, 0.3) is 0 Å². The van der Waals surface area contributed by atoms with E-state index in [1.54, 1.807) is 7.05 Å². The Balaban J connectivity index is 1.81. The number of nitrogens with one attached hydrogen (secondary N) is 1. The number of hydrazone groups is 1. The summed E-state index contributed by atoms with van der Waals surface area (Å²) in [7, 11) is 4.54. The monoisotopic (exact) mass is 470 g/mol. The van der Waals surface area contributed by atoms with E-state index in [1.165, 1.54) is 25.3 Å². The van der Waals surface area contributed by atoms with Crippen molar-refractivity contribution in [3.63, 3.8) is 0 Å². The molecule has 0 bridgehead atoms. The number of amides is 2. The second kappa shape index (κ2) is 10.4. The molecule has 2 aliphatic rings. The van der Waals surface area contributed by atoms with Gasteiger partial charge in [0.2, 0.25) is 0 Å². The lowest BCUT2D eigenvalue weighted by molar-refractivity contribution is 0.0342. The average Bonchev–Trinajstić information content (AvgIpc) is 3.01. The highest BCUT2D eigenvalue weighted by atomic mass is 19.1. The highest BCUT2D eigenvalue weighted by molar-refractivity contribution is 6.16. The van der Waals surface area contributed by atoms with Crippen molar-refractivity contribution in [1.29, 1.82) is 0 Å². The van der Waals surface area contributed by atoms with Crippen molar-refractivity contribution in [2.24, 2.45) is 5.10 Å². The van der Waals surface area contributed by atoms with Crippen molar-refractivity contribution < 1.29 is 23.4 Å². The molecule has 1 N–H and O–H groups in total. The van der Waals surface area contributed by atoms with Crippen LogP contribution >= 0.6 is 0 Å². The van der Waals surface area contributed by atoms with Crippen LogP contribution in [0.4, 0.5) is 9.18 Å². The number of hydrogen-bond acceptors (Lipinski definition) is 6. The van der Waals surface area contributed by atoms with Gasteiger partial charge in [0.25, 0.3) is 0 Å². The van der Waals surface area contributed by atoms with Gasteiger partial charge in [0, 0.05) is 43.9 Å². The third-order valence-corrected chi connectivity index (χ3v) is 6.24. The molecular formula is C25H31FN4O4. The molecule has 8 nitrogen and oxygen atoms in total. The number of morpholine rings is 1. The van der Waals surface area contributed by atoms with Crippen molar-refractivity contribution in [3.8, 4) is 11.5 Å².